The number of halogens is 1. The number of hydrogen-bond acceptors (Lipinski definition) is 7. The average Bonchev–Trinajstić information content (AvgIpc) is 2.98. The quantitative estimate of drug-likeness (QED) is 0.782. The van der Waals surface area contributed by atoms with Gasteiger partial charge in [-0.05, 0) is 24.1 Å². The van der Waals surface area contributed by atoms with Gasteiger partial charge in [-0.1, -0.05) is 0 Å². The Bertz CT molecular complexity index is 733. The molecule has 1 saturated heterocycles. The van der Waals surface area contributed by atoms with Crippen molar-refractivity contribution in [2.24, 2.45) is 0 Å². The van der Waals surface area contributed by atoms with Gasteiger partial charge in [-0.3, -0.25) is 4.79 Å². The smallest absolute Gasteiger partial charge is 0.303 e. The Balaban J connectivity index is 1.85. The van der Waals surface area contributed by atoms with E-state index in [0.717, 1.165) is 34.1 Å². The highest BCUT2D eigenvalue weighted by Gasteiger charge is 2.20. The van der Waals surface area contributed by atoms with Crippen LogP contribution in [0.4, 0.5) is 10.8 Å². The first kappa shape index (κ1) is 17.2. The second-order valence-electron chi connectivity index (χ2n) is 5.63. The molecule has 0 atom stereocenters. The number of carboxylic acids is 1. The van der Waals surface area contributed by atoms with Crippen LogP contribution in [0, 0.1) is 0 Å². The summed E-state index contributed by atoms with van der Waals surface area (Å²) >= 11 is 7.70. The molecule has 2 aromatic rings. The lowest BCUT2D eigenvalue weighted by molar-refractivity contribution is -0.137. The summed E-state index contributed by atoms with van der Waals surface area (Å²) in [6.45, 7) is 3.59. The number of hydrogen-bond donors (Lipinski definition) is 1. The molecular weight excluding hydrogens is 352 g/mol. The Morgan fingerprint density at radius 3 is 2.92 bits per heavy atom. The minimum atomic E-state index is -0.771. The average molecular weight is 371 g/mol. The lowest BCUT2D eigenvalue weighted by atomic mass is 10.3. The third-order valence-electron chi connectivity index (χ3n) is 3.88. The fraction of sp³-hybridized carbons (Fsp3) is 0.533. The first-order chi connectivity index (χ1) is 11.5. The van der Waals surface area contributed by atoms with Gasteiger partial charge >= 0.3 is 5.97 Å². The third-order valence-corrected chi connectivity index (χ3v) is 5.29. The number of aromatic nitrogens is 2. The number of morpholine rings is 1. The second kappa shape index (κ2) is 7.50. The van der Waals surface area contributed by atoms with E-state index in [9.17, 15) is 4.79 Å². The highest BCUT2D eigenvalue weighted by Crippen LogP contribution is 2.37. The Hall–Kier alpha value is -1.64. The number of carboxylic acid groups (broad SMARTS) is 1. The Labute approximate surface area is 148 Å². The van der Waals surface area contributed by atoms with E-state index < -0.39 is 5.97 Å². The number of ether oxygens (including phenoxy) is 1. The van der Waals surface area contributed by atoms with Crippen LogP contribution in [0.5, 0.6) is 0 Å². The number of rotatable bonds is 6. The van der Waals surface area contributed by atoms with Crippen LogP contribution in [0.2, 0.25) is 5.28 Å². The summed E-state index contributed by atoms with van der Waals surface area (Å²) in [7, 11) is 1.95. The molecule has 0 radical (unpaired) electrons. The van der Waals surface area contributed by atoms with Crippen LogP contribution in [-0.2, 0) is 9.53 Å². The summed E-state index contributed by atoms with van der Waals surface area (Å²) in [5.74, 6) is 0.0791. The number of aliphatic carboxylic acids is 1. The molecule has 24 heavy (non-hydrogen) atoms. The van der Waals surface area contributed by atoms with Crippen LogP contribution in [0.1, 0.15) is 12.8 Å². The van der Waals surface area contributed by atoms with Crippen molar-refractivity contribution in [1.29, 1.82) is 0 Å². The Morgan fingerprint density at radius 2 is 2.21 bits per heavy atom. The van der Waals surface area contributed by atoms with Gasteiger partial charge in [0.05, 0.1) is 28.4 Å². The maximum atomic E-state index is 10.7. The van der Waals surface area contributed by atoms with Gasteiger partial charge in [0, 0.05) is 33.1 Å². The Morgan fingerprint density at radius 1 is 1.46 bits per heavy atom. The molecule has 0 amide bonds. The van der Waals surface area contributed by atoms with E-state index in [1.165, 1.54) is 0 Å². The molecule has 0 bridgehead atoms. The van der Waals surface area contributed by atoms with E-state index in [1.807, 2.05) is 18.0 Å². The molecule has 0 spiro atoms. The molecule has 1 N–H and O–H groups in total. The summed E-state index contributed by atoms with van der Waals surface area (Å²) in [6, 6.07) is 1.98. The van der Waals surface area contributed by atoms with Gasteiger partial charge in [0.15, 0.2) is 5.82 Å². The van der Waals surface area contributed by atoms with Crippen LogP contribution in [0.15, 0.2) is 6.07 Å². The summed E-state index contributed by atoms with van der Waals surface area (Å²) in [6.07, 6.45) is 0.767. The standard InChI is InChI=1S/C15H19ClN4O3S/c1-19(4-2-3-12(21)22)11-9-10-13(24-11)14(18-15(16)17-10)20-5-7-23-8-6-20/h9H,2-8H2,1H3,(H,21,22). The fourth-order valence-corrected chi connectivity index (χ4v) is 3.90. The van der Waals surface area contributed by atoms with Gasteiger partial charge in [0.25, 0.3) is 0 Å². The zero-order valence-corrected chi connectivity index (χ0v) is 14.9. The molecule has 0 saturated carbocycles. The summed E-state index contributed by atoms with van der Waals surface area (Å²) in [4.78, 5) is 23.6. The number of carbonyl (C=O) groups is 1. The van der Waals surface area contributed by atoms with Crippen LogP contribution >= 0.6 is 22.9 Å². The van der Waals surface area contributed by atoms with E-state index in [-0.39, 0.29) is 11.7 Å². The number of anilines is 2. The van der Waals surface area contributed by atoms with Crippen molar-refractivity contribution in [2.45, 2.75) is 12.8 Å². The monoisotopic (exact) mass is 370 g/mol. The third kappa shape index (κ3) is 3.88. The van der Waals surface area contributed by atoms with Gasteiger partial charge in [-0.2, -0.15) is 4.98 Å². The predicted octanol–water partition coefficient (Wildman–Crippen LogP) is 2.48. The first-order valence-corrected chi connectivity index (χ1v) is 8.97. The number of nitrogens with zero attached hydrogens (tertiary/aromatic N) is 4. The minimum Gasteiger partial charge on any atom is -0.481 e. The minimum absolute atomic E-state index is 0.167. The summed E-state index contributed by atoms with van der Waals surface area (Å²) in [5, 5.41) is 10.0. The van der Waals surface area contributed by atoms with E-state index in [2.05, 4.69) is 14.9 Å². The number of fused-ring (bicyclic) bond motifs is 1. The molecule has 9 heteroatoms. The van der Waals surface area contributed by atoms with Gasteiger partial charge in [-0.15, -0.1) is 11.3 Å². The zero-order valence-electron chi connectivity index (χ0n) is 13.4. The molecule has 0 aromatic carbocycles. The second-order valence-corrected chi connectivity index (χ2v) is 7.00. The van der Waals surface area contributed by atoms with Crippen molar-refractivity contribution in [3.63, 3.8) is 0 Å². The molecule has 130 valence electrons. The van der Waals surface area contributed by atoms with Crippen LogP contribution in [-0.4, -0.2) is 60.9 Å². The molecule has 1 fully saturated rings. The topological polar surface area (TPSA) is 78.8 Å². The fourth-order valence-electron chi connectivity index (χ4n) is 2.63. The molecular formula is C15H19ClN4O3S. The van der Waals surface area contributed by atoms with Crippen LogP contribution < -0.4 is 9.80 Å². The largest absolute Gasteiger partial charge is 0.481 e. The first-order valence-electron chi connectivity index (χ1n) is 7.77. The highest BCUT2D eigenvalue weighted by molar-refractivity contribution is 7.23. The lowest BCUT2D eigenvalue weighted by Gasteiger charge is -2.28. The molecule has 0 aliphatic carbocycles. The highest BCUT2D eigenvalue weighted by atomic mass is 35.5. The predicted molar refractivity (Wildman–Crippen MR) is 95.6 cm³/mol. The van der Waals surface area contributed by atoms with Crippen LogP contribution in [0.25, 0.3) is 10.2 Å². The molecule has 3 rings (SSSR count). The maximum Gasteiger partial charge on any atom is 0.303 e. The molecule has 3 heterocycles. The molecule has 0 unspecified atom stereocenters. The van der Waals surface area contributed by atoms with Crippen molar-refractivity contribution >= 4 is 49.9 Å². The van der Waals surface area contributed by atoms with Crippen molar-refractivity contribution in [3.8, 4) is 0 Å². The van der Waals surface area contributed by atoms with E-state index in [0.29, 0.717) is 26.2 Å². The van der Waals surface area contributed by atoms with Crippen molar-refractivity contribution in [2.75, 3.05) is 49.7 Å². The number of thiophene rings is 1. The van der Waals surface area contributed by atoms with Gasteiger partial charge in [0.2, 0.25) is 5.28 Å². The molecule has 2 aromatic heterocycles. The van der Waals surface area contributed by atoms with E-state index in [4.69, 9.17) is 21.4 Å². The Kier molecular flexibility index (Phi) is 5.37. The lowest BCUT2D eigenvalue weighted by Crippen LogP contribution is -2.36. The summed E-state index contributed by atoms with van der Waals surface area (Å²) < 4.78 is 6.40. The summed E-state index contributed by atoms with van der Waals surface area (Å²) in [5.41, 5.74) is 0.821. The molecule has 7 nitrogen and oxygen atoms in total. The molecule has 1 aliphatic heterocycles. The zero-order chi connectivity index (χ0) is 17.1. The van der Waals surface area contributed by atoms with E-state index in [1.54, 1.807) is 11.3 Å². The van der Waals surface area contributed by atoms with Crippen molar-refractivity contribution < 1.29 is 14.6 Å². The van der Waals surface area contributed by atoms with Crippen molar-refractivity contribution in [1.82, 2.24) is 9.97 Å². The van der Waals surface area contributed by atoms with Crippen LogP contribution in [0.3, 0.4) is 0 Å². The van der Waals surface area contributed by atoms with Gasteiger partial charge < -0.3 is 19.6 Å². The van der Waals surface area contributed by atoms with Crippen molar-refractivity contribution in [3.05, 3.63) is 11.3 Å². The SMILES string of the molecule is CN(CCCC(=O)O)c1cc2nc(Cl)nc(N3CCOCC3)c2s1. The van der Waals surface area contributed by atoms with Gasteiger partial charge in [0.1, 0.15) is 0 Å². The normalized spacial score (nSPS) is 15.0. The van der Waals surface area contributed by atoms with E-state index >= 15 is 0 Å². The maximum absolute atomic E-state index is 10.7. The van der Waals surface area contributed by atoms with Gasteiger partial charge in [-0.25, -0.2) is 4.98 Å². The molecule has 1 aliphatic rings.